The molecule has 1 aliphatic heterocycles. The summed E-state index contributed by atoms with van der Waals surface area (Å²) in [7, 11) is 0. The van der Waals surface area contributed by atoms with Gasteiger partial charge in [0.1, 0.15) is 12.1 Å². The Bertz CT molecular complexity index is 1030. The van der Waals surface area contributed by atoms with Gasteiger partial charge in [-0.2, -0.15) is 0 Å². The molecule has 5 N–H and O–H groups in total. The zero-order valence-corrected chi connectivity index (χ0v) is 28.8. The van der Waals surface area contributed by atoms with Crippen LogP contribution in [0, 0.1) is 17.3 Å². The van der Waals surface area contributed by atoms with Crippen molar-refractivity contribution in [2.45, 2.75) is 117 Å². The topological polar surface area (TPSA) is 152 Å². The fourth-order valence-corrected chi connectivity index (χ4v) is 6.54. The van der Waals surface area contributed by atoms with Gasteiger partial charge in [0.05, 0.1) is 6.04 Å². The van der Waals surface area contributed by atoms with Crippen LogP contribution in [0.2, 0.25) is 0 Å². The normalized spacial score (nSPS) is 21.1. The Morgan fingerprint density at radius 1 is 0.933 bits per heavy atom. The third-order valence-corrected chi connectivity index (χ3v) is 9.60. The summed E-state index contributed by atoms with van der Waals surface area (Å²) in [6.45, 7) is 13.2. The molecule has 0 radical (unpaired) electrons. The highest BCUT2D eigenvalue weighted by Crippen LogP contribution is 2.30. The average molecular weight is 652 g/mol. The maximum atomic E-state index is 14.1. The third kappa shape index (κ3) is 11.7. The van der Waals surface area contributed by atoms with Gasteiger partial charge in [-0.3, -0.25) is 23.5 Å². The molecule has 3 fully saturated rings. The first kappa shape index (κ1) is 37.1. The minimum Gasteiger partial charge on any atom is -0.350 e. The fraction of sp³-hybridized carbons (Fsp3) is 0.844. The molecule has 2 saturated carbocycles. The van der Waals surface area contributed by atoms with Crippen LogP contribution in [-0.4, -0.2) is 102 Å². The van der Waals surface area contributed by atoms with Crippen molar-refractivity contribution in [3.63, 3.8) is 0 Å². The van der Waals surface area contributed by atoms with E-state index >= 15 is 0 Å². The molecule has 1 saturated heterocycles. The van der Waals surface area contributed by atoms with Crippen molar-refractivity contribution in [2.75, 3.05) is 39.3 Å². The number of rotatable bonds is 16. The Balaban J connectivity index is 1.63. The summed E-state index contributed by atoms with van der Waals surface area (Å²) < 4.78 is 2.05. The summed E-state index contributed by atoms with van der Waals surface area (Å²) in [4.78, 5) is 66.7. The molecule has 0 bridgehead atoms. The van der Waals surface area contributed by atoms with Crippen LogP contribution in [0.25, 0.3) is 0 Å². The van der Waals surface area contributed by atoms with E-state index in [0.29, 0.717) is 32.5 Å². The van der Waals surface area contributed by atoms with E-state index in [1.807, 2.05) is 4.31 Å². The first-order valence-corrected chi connectivity index (χ1v) is 17.4. The number of urea groups is 1. The van der Waals surface area contributed by atoms with Gasteiger partial charge >= 0.3 is 6.03 Å². The molecule has 256 valence electrons. The number of thiol groups is 1. The second-order valence-corrected chi connectivity index (χ2v) is 14.7. The molecular formula is C32H57N7O5S. The highest BCUT2D eigenvalue weighted by atomic mass is 32.1. The number of nitrogens with zero attached hydrogens (tertiary/aromatic N) is 2. The molecule has 3 rings (SSSR count). The minimum absolute atomic E-state index is 0.0291. The lowest BCUT2D eigenvalue weighted by Crippen LogP contribution is -2.60. The van der Waals surface area contributed by atoms with Crippen LogP contribution in [0.5, 0.6) is 0 Å². The number of likely N-dealkylation sites (N-methyl/N-ethyl adjacent to an activating group) is 1. The molecule has 0 aromatic rings. The van der Waals surface area contributed by atoms with Crippen molar-refractivity contribution in [1.82, 2.24) is 35.8 Å². The lowest BCUT2D eigenvalue weighted by Gasteiger charge is -2.36. The molecule has 5 amide bonds. The Morgan fingerprint density at radius 3 is 2.24 bits per heavy atom. The molecule has 13 heteroatoms. The van der Waals surface area contributed by atoms with Crippen molar-refractivity contribution in [3.8, 4) is 0 Å². The molecule has 0 aromatic heterocycles. The Hall–Kier alpha value is -2.38. The maximum Gasteiger partial charge on any atom is 0.315 e. The standard InChI is InChI=1S/C32H57N7O5S/c1-6-34-29(42)27(40)21(2)35-28(41)24-13-10-17-39(24)30(43)26(23-11-8-7-9-12-23)37-31(44)36-25(32(3,4)5)19-33-16-18-38(45)20-22-14-15-22/h21-26,33,45H,6-20H2,1-5H3,(H,34,42)(H,35,41)(H2,36,37,44). The zero-order chi connectivity index (χ0) is 33.1. The lowest BCUT2D eigenvalue weighted by molar-refractivity contribution is -0.143. The molecule has 3 aliphatic rings. The monoisotopic (exact) mass is 651 g/mol. The number of carbonyl (C=O) groups is 5. The van der Waals surface area contributed by atoms with Crippen LogP contribution < -0.4 is 26.6 Å². The predicted octanol–water partition coefficient (Wildman–Crippen LogP) is 2.00. The third-order valence-electron chi connectivity index (χ3n) is 9.24. The summed E-state index contributed by atoms with van der Waals surface area (Å²) >= 11 is 4.57. The summed E-state index contributed by atoms with van der Waals surface area (Å²) in [5.74, 6) is -1.48. The minimum atomic E-state index is -1.02. The van der Waals surface area contributed by atoms with E-state index in [2.05, 4.69) is 60.2 Å². The molecule has 1 heterocycles. The number of hydrogen-bond acceptors (Lipinski definition) is 8. The number of likely N-dealkylation sites (tertiary alicyclic amines) is 1. The number of amides is 5. The number of ketones is 1. The highest BCUT2D eigenvalue weighted by Gasteiger charge is 2.42. The van der Waals surface area contributed by atoms with Crippen LogP contribution >= 0.6 is 12.8 Å². The summed E-state index contributed by atoms with van der Waals surface area (Å²) in [5.41, 5.74) is -0.232. The molecule has 0 aromatic carbocycles. The number of hydrogen-bond donors (Lipinski definition) is 6. The van der Waals surface area contributed by atoms with Gasteiger partial charge < -0.3 is 31.5 Å². The number of nitrogens with one attached hydrogen (secondary N) is 5. The first-order chi connectivity index (χ1) is 21.3. The van der Waals surface area contributed by atoms with E-state index in [1.54, 1.807) is 11.8 Å². The van der Waals surface area contributed by atoms with Gasteiger partial charge in [0.15, 0.2) is 0 Å². The van der Waals surface area contributed by atoms with E-state index in [9.17, 15) is 24.0 Å². The van der Waals surface area contributed by atoms with Crippen LogP contribution in [0.1, 0.15) is 92.4 Å². The maximum absolute atomic E-state index is 14.1. The highest BCUT2D eigenvalue weighted by molar-refractivity contribution is 7.77. The van der Waals surface area contributed by atoms with E-state index < -0.39 is 41.8 Å². The zero-order valence-electron chi connectivity index (χ0n) is 28.0. The molecule has 4 atom stereocenters. The van der Waals surface area contributed by atoms with Gasteiger partial charge in [0.2, 0.25) is 17.6 Å². The van der Waals surface area contributed by atoms with E-state index in [4.69, 9.17) is 0 Å². The SMILES string of the molecule is CCNC(=O)C(=O)C(C)NC(=O)C1CCCN1C(=O)C(NC(=O)NC(CNCCN(S)CC1CC1)C(C)(C)C)C1CCCCC1. The van der Waals surface area contributed by atoms with Gasteiger partial charge in [0, 0.05) is 45.3 Å². The Morgan fingerprint density at radius 2 is 1.62 bits per heavy atom. The van der Waals surface area contributed by atoms with Crippen molar-refractivity contribution >= 4 is 42.4 Å². The van der Waals surface area contributed by atoms with Crippen LogP contribution in [0.3, 0.4) is 0 Å². The first-order valence-electron chi connectivity index (χ1n) is 17.0. The quantitative estimate of drug-likeness (QED) is 0.0849. The second-order valence-electron chi connectivity index (χ2n) is 14.1. The molecule has 0 spiro atoms. The van der Waals surface area contributed by atoms with Crippen LogP contribution in [0.15, 0.2) is 0 Å². The molecule has 12 nitrogen and oxygen atoms in total. The average Bonchev–Trinajstić information content (AvgIpc) is 3.66. The van der Waals surface area contributed by atoms with Gasteiger partial charge in [0.25, 0.3) is 5.91 Å². The summed E-state index contributed by atoms with van der Waals surface area (Å²) in [6, 6.07) is -3.13. The van der Waals surface area contributed by atoms with Gasteiger partial charge in [-0.1, -0.05) is 52.8 Å². The van der Waals surface area contributed by atoms with E-state index in [-0.39, 0.29) is 23.3 Å². The Labute approximate surface area is 274 Å². The van der Waals surface area contributed by atoms with Crippen LogP contribution in [-0.2, 0) is 19.2 Å². The van der Waals surface area contributed by atoms with E-state index in [1.165, 1.54) is 19.8 Å². The molecule has 2 aliphatic carbocycles. The van der Waals surface area contributed by atoms with Gasteiger partial charge in [-0.15, -0.1) is 0 Å². The van der Waals surface area contributed by atoms with Crippen LogP contribution in [0.4, 0.5) is 4.79 Å². The molecule has 4 unspecified atom stereocenters. The van der Waals surface area contributed by atoms with Crippen molar-refractivity contribution in [1.29, 1.82) is 0 Å². The molecule has 45 heavy (non-hydrogen) atoms. The lowest BCUT2D eigenvalue weighted by atomic mass is 9.83. The number of Topliss-reactive ketones (excluding diaryl/α,β-unsaturated/α-hetero) is 1. The summed E-state index contributed by atoms with van der Waals surface area (Å²) in [5, 5.41) is 14.7. The van der Waals surface area contributed by atoms with Gasteiger partial charge in [-0.25, -0.2) is 4.79 Å². The smallest absolute Gasteiger partial charge is 0.315 e. The summed E-state index contributed by atoms with van der Waals surface area (Å²) in [6.07, 6.45) is 8.36. The number of carbonyl (C=O) groups excluding carboxylic acids is 5. The second kappa shape index (κ2) is 17.5. The van der Waals surface area contributed by atoms with Crippen molar-refractivity contribution < 1.29 is 24.0 Å². The van der Waals surface area contributed by atoms with Gasteiger partial charge in [-0.05, 0) is 69.6 Å². The van der Waals surface area contributed by atoms with E-state index in [0.717, 1.165) is 57.7 Å². The van der Waals surface area contributed by atoms with Crippen molar-refractivity contribution in [2.24, 2.45) is 17.3 Å². The van der Waals surface area contributed by atoms with Crippen molar-refractivity contribution in [3.05, 3.63) is 0 Å². The fourth-order valence-electron chi connectivity index (χ4n) is 6.21. The predicted molar refractivity (Wildman–Crippen MR) is 177 cm³/mol. The molecular weight excluding hydrogens is 594 g/mol. The largest absolute Gasteiger partial charge is 0.350 e. The Kier molecular flexibility index (Phi) is 14.4.